The Balaban J connectivity index is 3.49. The van der Waals surface area contributed by atoms with Gasteiger partial charge in [0.1, 0.15) is 0 Å². The lowest BCUT2D eigenvalue weighted by atomic mass is 9.84. The Morgan fingerprint density at radius 3 is 2.31 bits per heavy atom. The van der Waals surface area contributed by atoms with Gasteiger partial charge < -0.3 is 15.4 Å². The Morgan fingerprint density at radius 1 is 1.12 bits per heavy atom. The second-order valence-corrected chi connectivity index (χ2v) is 5.46. The maximum atomic E-state index is 5.60. The highest BCUT2D eigenvalue weighted by Gasteiger charge is 2.16. The first-order valence-electron chi connectivity index (χ1n) is 6.39. The molecule has 2 N–H and O–H groups in total. The Hall–Kier alpha value is -0.120. The van der Waals surface area contributed by atoms with Crippen LogP contribution in [0, 0.1) is 5.41 Å². The molecule has 0 aliphatic heterocycles. The van der Waals surface area contributed by atoms with Crippen molar-refractivity contribution < 1.29 is 4.74 Å². The molecule has 0 bridgehead atoms. The summed E-state index contributed by atoms with van der Waals surface area (Å²) in [7, 11) is 3.95. The van der Waals surface area contributed by atoms with E-state index in [4.69, 9.17) is 10.5 Å². The van der Waals surface area contributed by atoms with E-state index in [1.165, 1.54) is 19.4 Å². The monoisotopic (exact) mass is 230 g/mol. The predicted molar refractivity (Wildman–Crippen MR) is 70.7 cm³/mol. The summed E-state index contributed by atoms with van der Waals surface area (Å²) in [6.07, 6.45) is 4.77. The Labute approximate surface area is 101 Å². The van der Waals surface area contributed by atoms with Gasteiger partial charge in [-0.05, 0) is 51.2 Å². The van der Waals surface area contributed by atoms with Crippen LogP contribution < -0.4 is 5.73 Å². The minimum atomic E-state index is 0.405. The lowest BCUT2D eigenvalue weighted by Crippen LogP contribution is -2.24. The van der Waals surface area contributed by atoms with Crippen LogP contribution in [0.25, 0.3) is 0 Å². The minimum Gasteiger partial charge on any atom is -0.385 e. The summed E-state index contributed by atoms with van der Waals surface area (Å²) in [6.45, 7) is 8.60. The van der Waals surface area contributed by atoms with E-state index in [-0.39, 0.29) is 0 Å². The van der Waals surface area contributed by atoms with Crippen LogP contribution in [-0.2, 0) is 4.74 Å². The fraction of sp³-hybridized carbons (Fsp3) is 1.00. The van der Waals surface area contributed by atoms with Crippen molar-refractivity contribution in [3.8, 4) is 0 Å². The van der Waals surface area contributed by atoms with Gasteiger partial charge >= 0.3 is 0 Å². The molecular weight excluding hydrogens is 200 g/mol. The molecule has 0 rings (SSSR count). The maximum absolute atomic E-state index is 5.60. The van der Waals surface area contributed by atoms with Crippen LogP contribution >= 0.6 is 0 Å². The third kappa shape index (κ3) is 9.13. The summed E-state index contributed by atoms with van der Waals surface area (Å²) in [5, 5.41) is 0. The molecule has 3 heteroatoms. The third-order valence-electron chi connectivity index (χ3n) is 3.10. The number of methoxy groups -OCH3 is 1. The van der Waals surface area contributed by atoms with Crippen molar-refractivity contribution >= 4 is 0 Å². The molecule has 98 valence electrons. The van der Waals surface area contributed by atoms with Crippen molar-refractivity contribution in [2.24, 2.45) is 11.1 Å². The average Bonchev–Trinajstić information content (AvgIpc) is 2.17. The van der Waals surface area contributed by atoms with Gasteiger partial charge in [0.25, 0.3) is 0 Å². The summed E-state index contributed by atoms with van der Waals surface area (Å²) in [6, 6.07) is 0. The van der Waals surface area contributed by atoms with E-state index in [0.717, 1.165) is 32.5 Å². The van der Waals surface area contributed by atoms with E-state index in [1.54, 1.807) is 7.11 Å². The van der Waals surface area contributed by atoms with Gasteiger partial charge in [0.05, 0.1) is 0 Å². The van der Waals surface area contributed by atoms with E-state index in [9.17, 15) is 0 Å². The number of hydrogen-bond acceptors (Lipinski definition) is 3. The molecule has 0 saturated carbocycles. The molecule has 0 aromatic heterocycles. The Bertz CT molecular complexity index is 160. The molecule has 16 heavy (non-hydrogen) atoms. The first-order chi connectivity index (χ1) is 7.52. The van der Waals surface area contributed by atoms with Crippen LogP contribution in [0.5, 0.6) is 0 Å². The van der Waals surface area contributed by atoms with E-state index < -0.39 is 0 Å². The normalized spacial score (nSPS) is 12.4. The topological polar surface area (TPSA) is 38.5 Å². The Morgan fingerprint density at radius 2 is 1.75 bits per heavy atom. The number of rotatable bonds is 10. The van der Waals surface area contributed by atoms with Crippen molar-refractivity contribution in [3.63, 3.8) is 0 Å². The second-order valence-electron chi connectivity index (χ2n) is 5.46. The molecule has 0 aliphatic rings. The van der Waals surface area contributed by atoms with Crippen molar-refractivity contribution in [1.29, 1.82) is 0 Å². The number of ether oxygens (including phenoxy) is 1. The van der Waals surface area contributed by atoms with E-state index in [1.807, 2.05) is 0 Å². The van der Waals surface area contributed by atoms with E-state index in [2.05, 4.69) is 25.8 Å². The molecule has 0 atom stereocenters. The molecule has 0 aromatic rings. The van der Waals surface area contributed by atoms with Gasteiger partial charge in [-0.1, -0.05) is 13.8 Å². The molecular formula is C13H30N2O. The zero-order chi connectivity index (χ0) is 12.4. The fourth-order valence-electron chi connectivity index (χ4n) is 1.93. The first-order valence-corrected chi connectivity index (χ1v) is 6.39. The van der Waals surface area contributed by atoms with Crippen LogP contribution in [0.1, 0.15) is 39.5 Å². The summed E-state index contributed by atoms with van der Waals surface area (Å²) < 4.78 is 5.04. The highest BCUT2D eigenvalue weighted by atomic mass is 16.5. The summed E-state index contributed by atoms with van der Waals surface area (Å²) in [4.78, 5) is 2.39. The summed E-state index contributed by atoms with van der Waals surface area (Å²) in [5.74, 6) is 0. The van der Waals surface area contributed by atoms with Gasteiger partial charge in [-0.3, -0.25) is 0 Å². The predicted octanol–water partition coefficient (Wildman–Crippen LogP) is 2.11. The van der Waals surface area contributed by atoms with Crippen LogP contribution in [0.15, 0.2) is 0 Å². The van der Waals surface area contributed by atoms with Gasteiger partial charge in [-0.15, -0.1) is 0 Å². The van der Waals surface area contributed by atoms with E-state index >= 15 is 0 Å². The van der Waals surface area contributed by atoms with E-state index in [0.29, 0.717) is 5.41 Å². The first kappa shape index (κ1) is 15.9. The van der Waals surface area contributed by atoms with Crippen molar-refractivity contribution in [2.75, 3.05) is 40.4 Å². The highest BCUT2D eigenvalue weighted by molar-refractivity contribution is 4.69. The lowest BCUT2D eigenvalue weighted by Gasteiger charge is -2.25. The minimum absolute atomic E-state index is 0.405. The number of nitrogens with zero attached hydrogens (tertiary/aromatic N) is 1. The fourth-order valence-corrected chi connectivity index (χ4v) is 1.93. The highest BCUT2D eigenvalue weighted by Crippen LogP contribution is 2.25. The standard InChI is InChI=1S/C13H30N2O/c1-13(2,8-9-14)7-5-10-15(3)11-6-12-16-4/h5-12,14H2,1-4H3. The van der Waals surface area contributed by atoms with Crippen molar-refractivity contribution in [2.45, 2.75) is 39.5 Å². The lowest BCUT2D eigenvalue weighted by molar-refractivity contribution is 0.177. The van der Waals surface area contributed by atoms with Crippen molar-refractivity contribution in [3.05, 3.63) is 0 Å². The molecule has 0 aliphatic carbocycles. The SMILES string of the molecule is COCCCN(C)CCCC(C)(C)CCN. The summed E-state index contributed by atoms with van der Waals surface area (Å²) >= 11 is 0. The molecule has 0 fully saturated rings. The molecule has 3 nitrogen and oxygen atoms in total. The van der Waals surface area contributed by atoms with Gasteiger partial charge in [0.15, 0.2) is 0 Å². The zero-order valence-electron chi connectivity index (χ0n) is 11.6. The molecule has 0 aromatic carbocycles. The second kappa shape index (κ2) is 8.97. The number of nitrogens with two attached hydrogens (primary N) is 1. The van der Waals surface area contributed by atoms with Crippen molar-refractivity contribution in [1.82, 2.24) is 4.90 Å². The van der Waals surface area contributed by atoms with Crippen LogP contribution in [0.2, 0.25) is 0 Å². The number of hydrogen-bond donors (Lipinski definition) is 1. The van der Waals surface area contributed by atoms with Gasteiger partial charge in [0, 0.05) is 20.3 Å². The molecule has 0 radical (unpaired) electrons. The van der Waals surface area contributed by atoms with Crippen LogP contribution in [0.3, 0.4) is 0 Å². The molecule has 0 spiro atoms. The average molecular weight is 230 g/mol. The third-order valence-corrected chi connectivity index (χ3v) is 3.10. The maximum Gasteiger partial charge on any atom is 0.0474 e. The molecule has 0 heterocycles. The largest absolute Gasteiger partial charge is 0.385 e. The molecule has 0 unspecified atom stereocenters. The van der Waals surface area contributed by atoms with Gasteiger partial charge in [-0.2, -0.15) is 0 Å². The Kier molecular flexibility index (Phi) is 8.90. The van der Waals surface area contributed by atoms with Crippen LogP contribution in [0.4, 0.5) is 0 Å². The zero-order valence-corrected chi connectivity index (χ0v) is 11.6. The van der Waals surface area contributed by atoms with Gasteiger partial charge in [0.2, 0.25) is 0 Å². The molecule has 0 saturated heterocycles. The summed E-state index contributed by atoms with van der Waals surface area (Å²) in [5.41, 5.74) is 6.01. The van der Waals surface area contributed by atoms with Gasteiger partial charge in [-0.25, -0.2) is 0 Å². The quantitative estimate of drug-likeness (QED) is 0.584. The molecule has 0 amide bonds. The van der Waals surface area contributed by atoms with Crippen LogP contribution in [-0.4, -0.2) is 45.3 Å². The smallest absolute Gasteiger partial charge is 0.0474 e.